The van der Waals surface area contributed by atoms with Gasteiger partial charge in [-0.3, -0.25) is 52.7 Å². The standard InChI is InChI=1S/C51H88N10O15S2/c1-25(2)19-32(43(67)53-30(14-15-39(62)63)42(66)54-31(51(75)76)16-18-78-11)55-44(68)33(20-26(3)4)56-45(69)34(21-27(5)6)57-47(71)36(23-40(64)65)58-48(72)37(24-77)60-46(70)35(22-28(7)8)59-49(73)38-13-12-17-61(38)50(74)41(52)29(9)10/h25-38,41,77H,12-24,52H2,1-11H3,(H,53,67)(H,54,66)(H,55,68)(H,56,69)(H,57,71)(H,58,72)(H,59,73)(H,60,70)(H,62,63)(H,64,65)(H,75,76)/t30-,31-,32-,33-,34-,35-,36-,37-,38-,41-/m0/s1. The van der Waals surface area contributed by atoms with Gasteiger partial charge >= 0.3 is 17.9 Å². The maximum absolute atomic E-state index is 14.2. The lowest BCUT2D eigenvalue weighted by atomic mass is 9.98. The van der Waals surface area contributed by atoms with Crippen molar-refractivity contribution >= 4 is 95.5 Å². The molecule has 0 saturated carbocycles. The van der Waals surface area contributed by atoms with E-state index in [4.69, 9.17) is 5.73 Å². The first-order chi connectivity index (χ1) is 36.3. The van der Waals surface area contributed by atoms with Crippen molar-refractivity contribution in [2.75, 3.05) is 24.3 Å². The van der Waals surface area contributed by atoms with Crippen LogP contribution in [0, 0.1) is 29.6 Å². The Kier molecular flexibility index (Phi) is 31.6. The van der Waals surface area contributed by atoms with E-state index in [2.05, 4.69) is 55.2 Å². The van der Waals surface area contributed by atoms with Gasteiger partial charge in [-0.05, 0) is 93.0 Å². The molecule has 10 atom stereocenters. The Morgan fingerprint density at radius 1 is 0.526 bits per heavy atom. The van der Waals surface area contributed by atoms with Gasteiger partial charge in [-0.1, -0.05) is 69.2 Å². The van der Waals surface area contributed by atoms with Gasteiger partial charge < -0.3 is 68.5 Å². The zero-order valence-corrected chi connectivity index (χ0v) is 48.7. The van der Waals surface area contributed by atoms with Crippen molar-refractivity contribution in [3.05, 3.63) is 0 Å². The summed E-state index contributed by atoms with van der Waals surface area (Å²) >= 11 is 5.57. The lowest BCUT2D eigenvalue weighted by Crippen LogP contribution is -2.61. The number of nitrogens with one attached hydrogen (secondary N) is 8. The fourth-order valence-electron chi connectivity index (χ4n) is 8.37. The molecule has 1 saturated heterocycles. The Morgan fingerprint density at radius 3 is 1.28 bits per heavy atom. The molecular formula is C51H88N10O15S2. The van der Waals surface area contributed by atoms with Crippen LogP contribution in [-0.2, 0) is 57.5 Å². The molecule has 1 fully saturated rings. The smallest absolute Gasteiger partial charge is 0.326 e. The van der Waals surface area contributed by atoms with Gasteiger partial charge in [0.15, 0.2) is 0 Å². The minimum Gasteiger partial charge on any atom is -0.481 e. The first kappa shape index (κ1) is 70.3. The molecule has 27 heteroatoms. The molecule has 0 aliphatic carbocycles. The number of hydrogen-bond donors (Lipinski definition) is 13. The minimum absolute atomic E-state index is 0.00526. The molecular weight excluding hydrogens is 1060 g/mol. The van der Waals surface area contributed by atoms with Gasteiger partial charge in [0.1, 0.15) is 54.4 Å². The van der Waals surface area contributed by atoms with E-state index in [1.165, 1.54) is 16.7 Å². The maximum Gasteiger partial charge on any atom is 0.326 e. The monoisotopic (exact) mass is 1140 g/mol. The molecule has 1 rings (SSSR count). The lowest BCUT2D eigenvalue weighted by Gasteiger charge is -2.30. The number of carbonyl (C=O) groups excluding carboxylic acids is 9. The number of aliphatic carboxylic acids is 3. The highest BCUT2D eigenvalue weighted by molar-refractivity contribution is 7.98. The normalized spacial score (nSPS) is 16.9. The van der Waals surface area contributed by atoms with Crippen molar-refractivity contribution in [3.63, 3.8) is 0 Å². The van der Waals surface area contributed by atoms with E-state index in [0.717, 1.165) is 0 Å². The van der Waals surface area contributed by atoms with Crippen LogP contribution < -0.4 is 48.3 Å². The number of carbonyl (C=O) groups is 12. The van der Waals surface area contributed by atoms with Gasteiger partial charge in [-0.15, -0.1) is 0 Å². The molecule has 0 aromatic heterocycles. The fraction of sp³-hybridized carbons (Fsp3) is 0.765. The quantitative estimate of drug-likeness (QED) is 0.0371. The molecule has 1 aliphatic heterocycles. The van der Waals surface area contributed by atoms with Crippen LogP contribution in [0.15, 0.2) is 0 Å². The average Bonchev–Trinajstić information content (AvgIpc) is 3.83. The largest absolute Gasteiger partial charge is 0.481 e. The van der Waals surface area contributed by atoms with Gasteiger partial charge in [0.25, 0.3) is 0 Å². The van der Waals surface area contributed by atoms with E-state index < -0.39 is 151 Å². The Bertz CT molecular complexity index is 2080. The Morgan fingerprint density at radius 2 is 0.897 bits per heavy atom. The van der Waals surface area contributed by atoms with E-state index in [1.54, 1.807) is 75.5 Å². The SMILES string of the molecule is CSCC[C@H](NC(=O)[C@H](CCC(=O)O)NC(=O)[C@H](CC(C)C)NC(=O)[C@H](CC(C)C)NC(=O)[C@H](CC(C)C)NC(=O)[C@H](CC(=O)O)NC(=O)[C@H](CS)NC(=O)[C@H](CC(C)C)NC(=O)[C@@H]1CCCN1C(=O)[C@@H](N)C(C)C)C(=O)O. The summed E-state index contributed by atoms with van der Waals surface area (Å²) in [5.74, 6) is -12.7. The summed E-state index contributed by atoms with van der Waals surface area (Å²) in [5.41, 5.74) is 6.11. The molecule has 1 aliphatic rings. The van der Waals surface area contributed by atoms with Crippen LogP contribution in [0.25, 0.3) is 0 Å². The number of thiol groups is 1. The van der Waals surface area contributed by atoms with Gasteiger partial charge in [-0.2, -0.15) is 24.4 Å². The molecule has 0 spiro atoms. The number of nitrogens with zero attached hydrogens (tertiary/aromatic N) is 1. The van der Waals surface area contributed by atoms with E-state index in [-0.39, 0.29) is 67.4 Å². The zero-order chi connectivity index (χ0) is 59.7. The van der Waals surface area contributed by atoms with Crippen LogP contribution in [0.3, 0.4) is 0 Å². The average molecular weight is 1150 g/mol. The van der Waals surface area contributed by atoms with E-state index >= 15 is 0 Å². The second-order valence-corrected chi connectivity index (χ2v) is 23.2. The van der Waals surface area contributed by atoms with Gasteiger partial charge in [-0.25, -0.2) is 4.79 Å². The number of amides is 9. The first-order valence-corrected chi connectivity index (χ1v) is 28.6. The first-order valence-electron chi connectivity index (χ1n) is 26.6. The summed E-state index contributed by atoms with van der Waals surface area (Å²) in [6, 6.07) is -13.1. The highest BCUT2D eigenvalue weighted by atomic mass is 32.2. The Balaban J connectivity index is 3.41. The number of likely N-dealkylation sites (tertiary alicyclic amines) is 1. The highest BCUT2D eigenvalue weighted by Crippen LogP contribution is 2.21. The van der Waals surface area contributed by atoms with Crippen molar-refractivity contribution < 1.29 is 72.9 Å². The zero-order valence-electron chi connectivity index (χ0n) is 47.0. The molecule has 444 valence electrons. The molecule has 25 nitrogen and oxygen atoms in total. The van der Waals surface area contributed by atoms with Crippen LogP contribution in [-0.4, -0.2) is 176 Å². The Hall–Kier alpha value is -5.70. The Labute approximate surface area is 467 Å². The molecule has 1 heterocycles. The number of rotatable bonds is 36. The second kappa shape index (κ2) is 35.0. The summed E-state index contributed by atoms with van der Waals surface area (Å²) in [6.45, 7) is 18.0. The van der Waals surface area contributed by atoms with Crippen LogP contribution in [0.2, 0.25) is 0 Å². The molecule has 0 bridgehead atoms. The molecule has 0 radical (unpaired) electrons. The predicted molar refractivity (Wildman–Crippen MR) is 294 cm³/mol. The van der Waals surface area contributed by atoms with Crippen molar-refractivity contribution in [1.29, 1.82) is 0 Å². The molecule has 0 aromatic carbocycles. The second-order valence-electron chi connectivity index (χ2n) is 21.8. The molecule has 0 aromatic rings. The van der Waals surface area contributed by atoms with Crippen LogP contribution in [0.1, 0.15) is 133 Å². The van der Waals surface area contributed by atoms with Crippen LogP contribution >= 0.6 is 24.4 Å². The summed E-state index contributed by atoms with van der Waals surface area (Å²) in [6.07, 6.45) is 0.789. The van der Waals surface area contributed by atoms with Gasteiger partial charge in [0, 0.05) is 18.7 Å². The molecule has 0 unspecified atom stereocenters. The third-order valence-corrected chi connectivity index (χ3v) is 13.5. The topological polar surface area (TPSA) is 391 Å². The maximum atomic E-state index is 14.2. The minimum atomic E-state index is -1.82. The third-order valence-electron chi connectivity index (χ3n) is 12.5. The number of carboxylic acids is 3. The highest BCUT2D eigenvalue weighted by Gasteiger charge is 2.40. The molecule has 13 N–H and O–H groups in total. The van der Waals surface area contributed by atoms with Crippen molar-refractivity contribution in [2.45, 2.75) is 194 Å². The summed E-state index contributed by atoms with van der Waals surface area (Å²) in [4.78, 5) is 161. The van der Waals surface area contributed by atoms with E-state index in [1.807, 2.05) is 0 Å². The fourth-order valence-corrected chi connectivity index (χ4v) is 9.10. The summed E-state index contributed by atoms with van der Waals surface area (Å²) < 4.78 is 0. The van der Waals surface area contributed by atoms with Gasteiger partial charge in [0.05, 0.1) is 12.5 Å². The summed E-state index contributed by atoms with van der Waals surface area (Å²) in [7, 11) is 0. The number of carboxylic acid groups (broad SMARTS) is 3. The van der Waals surface area contributed by atoms with Crippen LogP contribution in [0.5, 0.6) is 0 Å². The van der Waals surface area contributed by atoms with Crippen molar-refractivity contribution in [2.24, 2.45) is 35.3 Å². The lowest BCUT2D eigenvalue weighted by molar-refractivity contribution is -0.143. The third kappa shape index (κ3) is 25.4. The van der Waals surface area contributed by atoms with Crippen molar-refractivity contribution in [1.82, 2.24) is 47.4 Å². The number of nitrogens with two attached hydrogens (primary N) is 1. The summed E-state index contributed by atoms with van der Waals surface area (Å²) in [5, 5.41) is 49.1. The molecule has 78 heavy (non-hydrogen) atoms. The van der Waals surface area contributed by atoms with Crippen molar-refractivity contribution in [3.8, 4) is 0 Å². The van der Waals surface area contributed by atoms with Gasteiger partial charge in [0.2, 0.25) is 53.2 Å². The van der Waals surface area contributed by atoms with Crippen LogP contribution in [0.4, 0.5) is 0 Å². The molecule has 9 amide bonds. The predicted octanol–water partition coefficient (Wildman–Crippen LogP) is 0.130. The number of thioether (sulfide) groups is 1. The van der Waals surface area contributed by atoms with E-state index in [0.29, 0.717) is 25.1 Å². The number of hydrogen-bond acceptors (Lipinski definition) is 15. The van der Waals surface area contributed by atoms with E-state index in [9.17, 15) is 72.9 Å².